The van der Waals surface area contributed by atoms with E-state index in [0.29, 0.717) is 43.9 Å². The van der Waals surface area contributed by atoms with Gasteiger partial charge in [-0.05, 0) is 51.0 Å². The van der Waals surface area contributed by atoms with E-state index in [0.717, 1.165) is 25.0 Å². The zero-order valence-electron chi connectivity index (χ0n) is 21.3. The van der Waals surface area contributed by atoms with Crippen molar-refractivity contribution in [2.24, 2.45) is 5.92 Å². The fraction of sp³-hybridized carbons (Fsp3) is 0.481. The van der Waals surface area contributed by atoms with Crippen LogP contribution in [0.15, 0.2) is 49.1 Å². The normalized spacial score (nSPS) is 12.0. The molecule has 0 bridgehead atoms. The maximum Gasteiger partial charge on any atom is 0.242 e. The van der Waals surface area contributed by atoms with Crippen LogP contribution in [0.25, 0.3) is 5.95 Å². The van der Waals surface area contributed by atoms with Gasteiger partial charge >= 0.3 is 0 Å². The number of rotatable bonds is 14. The molecular formula is C27H38N6O2. The van der Waals surface area contributed by atoms with E-state index < -0.39 is 6.04 Å². The summed E-state index contributed by atoms with van der Waals surface area (Å²) in [7, 11) is 0. The van der Waals surface area contributed by atoms with Crippen LogP contribution in [-0.4, -0.2) is 51.2 Å². The lowest BCUT2D eigenvalue weighted by molar-refractivity contribution is -0.122. The smallest absolute Gasteiger partial charge is 0.242 e. The van der Waals surface area contributed by atoms with Crippen molar-refractivity contribution < 1.29 is 9.53 Å². The Labute approximate surface area is 208 Å². The van der Waals surface area contributed by atoms with Gasteiger partial charge in [0.2, 0.25) is 11.9 Å². The fourth-order valence-corrected chi connectivity index (χ4v) is 3.74. The average Bonchev–Trinajstić information content (AvgIpc) is 3.38. The monoisotopic (exact) mass is 478 g/mol. The van der Waals surface area contributed by atoms with Gasteiger partial charge in [-0.1, -0.05) is 43.7 Å². The number of carbonyl (C=O) groups excluding carboxylic acids is 1. The molecular weight excluding hydrogens is 440 g/mol. The number of benzene rings is 1. The van der Waals surface area contributed by atoms with Crippen molar-refractivity contribution >= 4 is 11.7 Å². The van der Waals surface area contributed by atoms with Crippen LogP contribution >= 0.6 is 0 Å². The van der Waals surface area contributed by atoms with Crippen LogP contribution in [0.1, 0.15) is 50.4 Å². The molecule has 0 aliphatic heterocycles. The second-order valence-electron chi connectivity index (χ2n) is 9.17. The summed E-state index contributed by atoms with van der Waals surface area (Å²) in [6, 6.07) is 10.1. The highest BCUT2D eigenvalue weighted by Gasteiger charge is 2.21. The molecule has 0 fully saturated rings. The first-order chi connectivity index (χ1) is 16.9. The summed E-state index contributed by atoms with van der Waals surface area (Å²) in [5.74, 6) is 1.49. The highest BCUT2D eigenvalue weighted by molar-refractivity contribution is 5.84. The van der Waals surface area contributed by atoms with Crippen LogP contribution in [0, 0.1) is 12.8 Å². The molecule has 0 aliphatic carbocycles. The quantitative estimate of drug-likeness (QED) is 0.339. The molecule has 8 heteroatoms. The molecule has 0 aliphatic rings. The van der Waals surface area contributed by atoms with Crippen LogP contribution in [0.5, 0.6) is 0 Å². The van der Waals surface area contributed by atoms with Gasteiger partial charge in [-0.2, -0.15) is 4.98 Å². The van der Waals surface area contributed by atoms with Crippen molar-refractivity contribution in [2.75, 3.05) is 25.1 Å². The van der Waals surface area contributed by atoms with E-state index in [-0.39, 0.29) is 5.91 Å². The van der Waals surface area contributed by atoms with Crippen molar-refractivity contribution in [1.82, 2.24) is 24.8 Å². The summed E-state index contributed by atoms with van der Waals surface area (Å²) in [4.78, 5) is 26.6. The van der Waals surface area contributed by atoms with Gasteiger partial charge in [0.25, 0.3) is 0 Å². The number of aromatic nitrogens is 4. The average molecular weight is 479 g/mol. The number of ether oxygens (including phenoxy) is 1. The number of nitrogens with one attached hydrogen (secondary N) is 2. The number of hydrogen-bond donors (Lipinski definition) is 2. The third-order valence-electron chi connectivity index (χ3n) is 5.61. The van der Waals surface area contributed by atoms with Crippen molar-refractivity contribution in [3.63, 3.8) is 0 Å². The summed E-state index contributed by atoms with van der Waals surface area (Å²) in [6.45, 7) is 10.2. The van der Waals surface area contributed by atoms with Crippen molar-refractivity contribution in [3.8, 4) is 5.95 Å². The first-order valence-corrected chi connectivity index (χ1v) is 12.5. The maximum absolute atomic E-state index is 13.0. The molecule has 0 radical (unpaired) electrons. The summed E-state index contributed by atoms with van der Waals surface area (Å²) >= 11 is 0. The Morgan fingerprint density at radius 2 is 1.94 bits per heavy atom. The molecule has 35 heavy (non-hydrogen) atoms. The van der Waals surface area contributed by atoms with Gasteiger partial charge < -0.3 is 15.4 Å². The van der Waals surface area contributed by atoms with E-state index >= 15 is 0 Å². The molecule has 1 atom stereocenters. The Balaban J connectivity index is 1.76. The fourth-order valence-electron chi connectivity index (χ4n) is 3.74. The molecule has 2 N–H and O–H groups in total. The molecule has 1 amide bonds. The topological polar surface area (TPSA) is 94.0 Å². The molecule has 1 unspecified atom stereocenters. The number of anilines is 1. The van der Waals surface area contributed by atoms with E-state index in [9.17, 15) is 4.79 Å². The Kier molecular flexibility index (Phi) is 10.2. The SMILES string of the molecule is CCOCCCNC(=O)C(CC(C)C)Nc1cc(CCc2ccc(C)cc2)nc(-n2ccnc2)n1. The Morgan fingerprint density at radius 3 is 2.63 bits per heavy atom. The van der Waals surface area contributed by atoms with E-state index in [1.54, 1.807) is 17.1 Å². The number of nitrogens with zero attached hydrogens (tertiary/aromatic N) is 4. The molecule has 1 aromatic carbocycles. The number of amides is 1. The molecule has 2 heterocycles. The second-order valence-corrected chi connectivity index (χ2v) is 9.17. The zero-order valence-corrected chi connectivity index (χ0v) is 21.3. The highest BCUT2D eigenvalue weighted by Crippen LogP contribution is 2.17. The first kappa shape index (κ1) is 26.3. The standard InChI is InChI=1S/C27H38N6O2/c1-5-35-16-6-13-29-26(34)24(17-20(2)3)31-25-18-23(12-11-22-9-7-21(4)8-10-22)30-27(32-25)33-15-14-28-19-33/h7-10,14-15,18-20,24H,5-6,11-13,16-17H2,1-4H3,(H,29,34)(H,30,31,32). The van der Waals surface area contributed by atoms with Crippen LogP contribution < -0.4 is 10.6 Å². The molecule has 188 valence electrons. The van der Waals surface area contributed by atoms with E-state index in [1.807, 2.05) is 19.2 Å². The van der Waals surface area contributed by atoms with Crippen molar-refractivity contribution in [1.29, 1.82) is 0 Å². The van der Waals surface area contributed by atoms with Crippen LogP contribution in [0.3, 0.4) is 0 Å². The third kappa shape index (κ3) is 8.79. The summed E-state index contributed by atoms with van der Waals surface area (Å²) in [5, 5.41) is 6.42. The molecule has 2 aromatic heterocycles. The van der Waals surface area contributed by atoms with Gasteiger partial charge in [-0.25, -0.2) is 9.97 Å². The van der Waals surface area contributed by atoms with Crippen LogP contribution in [0.2, 0.25) is 0 Å². The number of aryl methyl sites for hydroxylation is 3. The summed E-state index contributed by atoms with van der Waals surface area (Å²) in [5.41, 5.74) is 3.42. The van der Waals surface area contributed by atoms with Gasteiger partial charge in [-0.15, -0.1) is 0 Å². The van der Waals surface area contributed by atoms with E-state index in [2.05, 4.69) is 60.7 Å². The molecule has 3 aromatic rings. The van der Waals surface area contributed by atoms with Gasteiger partial charge in [0.05, 0.1) is 0 Å². The largest absolute Gasteiger partial charge is 0.382 e. The number of carbonyl (C=O) groups is 1. The van der Waals surface area contributed by atoms with Crippen molar-refractivity contribution in [3.05, 3.63) is 65.9 Å². The Hall–Kier alpha value is -3.26. The Morgan fingerprint density at radius 1 is 1.14 bits per heavy atom. The first-order valence-electron chi connectivity index (χ1n) is 12.5. The predicted molar refractivity (Wildman–Crippen MR) is 139 cm³/mol. The number of imidazole rings is 1. The second kappa shape index (κ2) is 13.6. The van der Waals surface area contributed by atoms with Crippen LogP contribution in [0.4, 0.5) is 5.82 Å². The van der Waals surface area contributed by atoms with Crippen LogP contribution in [-0.2, 0) is 22.4 Å². The zero-order chi connectivity index (χ0) is 25.0. The molecule has 0 saturated heterocycles. The van der Waals surface area contributed by atoms with Gasteiger partial charge in [0, 0.05) is 43.9 Å². The lowest BCUT2D eigenvalue weighted by atomic mass is 10.0. The number of hydrogen-bond acceptors (Lipinski definition) is 6. The predicted octanol–water partition coefficient (Wildman–Crippen LogP) is 4.13. The minimum atomic E-state index is -0.391. The minimum Gasteiger partial charge on any atom is -0.382 e. The maximum atomic E-state index is 13.0. The van der Waals surface area contributed by atoms with E-state index in [1.165, 1.54) is 11.1 Å². The Bertz CT molecular complexity index is 1030. The summed E-state index contributed by atoms with van der Waals surface area (Å²) in [6.07, 6.45) is 8.32. The lowest BCUT2D eigenvalue weighted by Gasteiger charge is -2.21. The molecule has 0 spiro atoms. The minimum absolute atomic E-state index is 0.0285. The molecule has 8 nitrogen and oxygen atoms in total. The molecule has 3 rings (SSSR count). The summed E-state index contributed by atoms with van der Waals surface area (Å²) < 4.78 is 7.15. The van der Waals surface area contributed by atoms with Gasteiger partial charge in [0.15, 0.2) is 0 Å². The lowest BCUT2D eigenvalue weighted by Crippen LogP contribution is -2.41. The van der Waals surface area contributed by atoms with Gasteiger partial charge in [0.1, 0.15) is 18.2 Å². The van der Waals surface area contributed by atoms with E-state index in [4.69, 9.17) is 14.7 Å². The van der Waals surface area contributed by atoms with Crippen molar-refractivity contribution in [2.45, 2.75) is 59.4 Å². The van der Waals surface area contributed by atoms with Gasteiger partial charge in [-0.3, -0.25) is 9.36 Å². The highest BCUT2D eigenvalue weighted by atomic mass is 16.5. The molecule has 0 saturated carbocycles. The third-order valence-corrected chi connectivity index (χ3v) is 5.61.